The molecule has 1 amide bonds. The summed E-state index contributed by atoms with van der Waals surface area (Å²) in [6, 6.07) is 15.0. The van der Waals surface area contributed by atoms with Crippen molar-refractivity contribution in [2.45, 2.75) is 6.42 Å². The number of anilines is 1. The highest BCUT2D eigenvalue weighted by Crippen LogP contribution is 2.25. The first-order valence-electron chi connectivity index (χ1n) is 6.50. The van der Waals surface area contributed by atoms with Crippen LogP contribution in [0.25, 0.3) is 0 Å². The van der Waals surface area contributed by atoms with E-state index in [2.05, 4.69) is 27.9 Å². The molecule has 0 bridgehead atoms. The Hall–Kier alpha value is -1.76. The van der Waals surface area contributed by atoms with E-state index in [4.69, 9.17) is 9.47 Å². The second-order valence-corrected chi connectivity index (χ2v) is 5.55. The third kappa shape index (κ3) is 4.93. The van der Waals surface area contributed by atoms with Crippen molar-refractivity contribution in [1.82, 2.24) is 0 Å². The van der Waals surface area contributed by atoms with Crippen molar-refractivity contribution in [3.8, 4) is 11.5 Å². The van der Waals surface area contributed by atoms with E-state index in [1.54, 1.807) is 7.11 Å². The van der Waals surface area contributed by atoms with E-state index in [1.165, 1.54) is 0 Å². The second-order valence-electron chi connectivity index (χ2n) is 4.31. The standard InChI is InChI=1S/C16H16INO3/c1-20-14-7-2-3-8-15(14)21-10-9-16(19)18-13-6-4-5-12(17)11-13/h2-8,11H,9-10H2,1H3,(H,18,19). The van der Waals surface area contributed by atoms with Crippen LogP contribution in [-0.4, -0.2) is 19.6 Å². The Kier molecular flexibility index (Phi) is 5.86. The van der Waals surface area contributed by atoms with Crippen LogP contribution in [0.15, 0.2) is 48.5 Å². The molecule has 21 heavy (non-hydrogen) atoms. The molecule has 0 fully saturated rings. The molecule has 0 spiro atoms. The fourth-order valence-electron chi connectivity index (χ4n) is 1.78. The SMILES string of the molecule is COc1ccccc1OCCC(=O)Nc1cccc(I)c1. The van der Waals surface area contributed by atoms with Crippen LogP contribution in [-0.2, 0) is 4.79 Å². The zero-order valence-corrected chi connectivity index (χ0v) is 13.8. The number of rotatable bonds is 6. The normalized spacial score (nSPS) is 10.0. The quantitative estimate of drug-likeness (QED) is 0.757. The van der Waals surface area contributed by atoms with Gasteiger partial charge in [0, 0.05) is 9.26 Å². The van der Waals surface area contributed by atoms with Gasteiger partial charge in [0.05, 0.1) is 20.1 Å². The lowest BCUT2D eigenvalue weighted by molar-refractivity contribution is -0.116. The molecular weight excluding hydrogens is 381 g/mol. The zero-order chi connectivity index (χ0) is 15.1. The summed E-state index contributed by atoms with van der Waals surface area (Å²) in [5.74, 6) is 1.23. The molecule has 0 saturated carbocycles. The van der Waals surface area contributed by atoms with E-state index in [1.807, 2.05) is 48.5 Å². The lowest BCUT2D eigenvalue weighted by Gasteiger charge is -2.10. The molecule has 110 valence electrons. The van der Waals surface area contributed by atoms with Gasteiger partial charge in [-0.3, -0.25) is 4.79 Å². The second kappa shape index (κ2) is 7.87. The maximum absolute atomic E-state index is 11.8. The summed E-state index contributed by atoms with van der Waals surface area (Å²) in [5.41, 5.74) is 0.796. The number of para-hydroxylation sites is 2. The molecule has 2 aromatic carbocycles. The van der Waals surface area contributed by atoms with Crippen LogP contribution in [0.1, 0.15) is 6.42 Å². The summed E-state index contributed by atoms with van der Waals surface area (Å²) in [6.45, 7) is 0.302. The predicted molar refractivity (Wildman–Crippen MR) is 90.9 cm³/mol. The van der Waals surface area contributed by atoms with Crippen LogP contribution < -0.4 is 14.8 Å². The number of methoxy groups -OCH3 is 1. The minimum atomic E-state index is -0.0769. The molecule has 0 aliphatic carbocycles. The predicted octanol–water partition coefficient (Wildman–Crippen LogP) is 3.71. The largest absolute Gasteiger partial charge is 0.493 e. The van der Waals surface area contributed by atoms with Crippen LogP contribution in [0.2, 0.25) is 0 Å². The molecule has 0 radical (unpaired) electrons. The van der Waals surface area contributed by atoms with Crippen molar-refractivity contribution in [2.24, 2.45) is 0 Å². The number of benzene rings is 2. The Bertz CT molecular complexity index is 616. The molecule has 0 unspecified atom stereocenters. The molecule has 0 aromatic heterocycles. The first-order chi connectivity index (χ1) is 10.2. The summed E-state index contributed by atoms with van der Waals surface area (Å²) < 4.78 is 11.8. The molecule has 4 nitrogen and oxygen atoms in total. The summed E-state index contributed by atoms with van der Waals surface area (Å²) >= 11 is 2.21. The molecule has 0 saturated heterocycles. The van der Waals surface area contributed by atoms with Crippen LogP contribution in [0.4, 0.5) is 5.69 Å². The molecule has 0 atom stereocenters. The zero-order valence-electron chi connectivity index (χ0n) is 11.6. The molecule has 0 heterocycles. The minimum absolute atomic E-state index is 0.0769. The Morgan fingerprint density at radius 3 is 2.62 bits per heavy atom. The molecule has 2 aromatic rings. The average Bonchev–Trinajstić information content (AvgIpc) is 2.47. The number of amides is 1. The van der Waals surface area contributed by atoms with Crippen molar-refractivity contribution < 1.29 is 14.3 Å². The molecular formula is C16H16INO3. The third-order valence-electron chi connectivity index (χ3n) is 2.76. The number of ether oxygens (including phenoxy) is 2. The lowest BCUT2D eigenvalue weighted by Crippen LogP contribution is -2.15. The number of hydrogen-bond acceptors (Lipinski definition) is 3. The van der Waals surface area contributed by atoms with Crippen LogP contribution in [0.3, 0.4) is 0 Å². The van der Waals surface area contributed by atoms with E-state index in [0.29, 0.717) is 18.1 Å². The molecule has 1 N–H and O–H groups in total. The van der Waals surface area contributed by atoms with Crippen LogP contribution >= 0.6 is 22.6 Å². The highest BCUT2D eigenvalue weighted by Gasteiger charge is 2.06. The van der Waals surface area contributed by atoms with Crippen molar-refractivity contribution in [3.05, 3.63) is 52.1 Å². The summed E-state index contributed by atoms with van der Waals surface area (Å²) in [6.07, 6.45) is 0.281. The van der Waals surface area contributed by atoms with Gasteiger partial charge in [-0.05, 0) is 52.9 Å². The number of hydrogen-bond donors (Lipinski definition) is 1. The molecule has 0 aliphatic rings. The van der Waals surface area contributed by atoms with Crippen molar-refractivity contribution in [2.75, 3.05) is 19.0 Å². The van der Waals surface area contributed by atoms with Gasteiger partial charge in [0.2, 0.25) is 5.91 Å². The summed E-state index contributed by atoms with van der Waals surface area (Å²) in [7, 11) is 1.59. The first kappa shape index (κ1) is 15.6. The fourth-order valence-corrected chi connectivity index (χ4v) is 2.32. The maximum atomic E-state index is 11.8. The van der Waals surface area contributed by atoms with Crippen molar-refractivity contribution in [3.63, 3.8) is 0 Å². The van der Waals surface area contributed by atoms with Gasteiger partial charge >= 0.3 is 0 Å². The highest BCUT2D eigenvalue weighted by atomic mass is 127. The van der Waals surface area contributed by atoms with E-state index >= 15 is 0 Å². The topological polar surface area (TPSA) is 47.6 Å². The van der Waals surface area contributed by atoms with Gasteiger partial charge in [-0.15, -0.1) is 0 Å². The molecule has 0 aliphatic heterocycles. The summed E-state index contributed by atoms with van der Waals surface area (Å²) in [5, 5.41) is 2.84. The maximum Gasteiger partial charge on any atom is 0.227 e. The van der Waals surface area contributed by atoms with E-state index in [-0.39, 0.29) is 12.3 Å². The average molecular weight is 397 g/mol. The van der Waals surface area contributed by atoms with Crippen molar-refractivity contribution in [1.29, 1.82) is 0 Å². The Balaban J connectivity index is 1.82. The van der Waals surface area contributed by atoms with Gasteiger partial charge in [0.1, 0.15) is 0 Å². The smallest absolute Gasteiger partial charge is 0.227 e. The highest BCUT2D eigenvalue weighted by molar-refractivity contribution is 14.1. The van der Waals surface area contributed by atoms with E-state index in [0.717, 1.165) is 9.26 Å². The summed E-state index contributed by atoms with van der Waals surface area (Å²) in [4.78, 5) is 11.8. The number of carbonyl (C=O) groups excluding carboxylic acids is 1. The lowest BCUT2D eigenvalue weighted by atomic mass is 10.3. The van der Waals surface area contributed by atoms with Crippen LogP contribution in [0, 0.1) is 3.57 Å². The van der Waals surface area contributed by atoms with Gasteiger partial charge in [-0.1, -0.05) is 18.2 Å². The Labute approximate surface area is 137 Å². The van der Waals surface area contributed by atoms with Gasteiger partial charge in [0.15, 0.2) is 11.5 Å². The fraction of sp³-hybridized carbons (Fsp3) is 0.188. The van der Waals surface area contributed by atoms with Gasteiger partial charge < -0.3 is 14.8 Å². The molecule has 2 rings (SSSR count). The Morgan fingerprint density at radius 1 is 1.14 bits per heavy atom. The van der Waals surface area contributed by atoms with Crippen molar-refractivity contribution >= 4 is 34.2 Å². The van der Waals surface area contributed by atoms with Gasteiger partial charge in [-0.2, -0.15) is 0 Å². The third-order valence-corrected chi connectivity index (χ3v) is 3.44. The van der Waals surface area contributed by atoms with E-state index < -0.39 is 0 Å². The number of halogens is 1. The number of carbonyl (C=O) groups is 1. The van der Waals surface area contributed by atoms with Crippen LogP contribution in [0.5, 0.6) is 11.5 Å². The van der Waals surface area contributed by atoms with Gasteiger partial charge in [0.25, 0.3) is 0 Å². The first-order valence-corrected chi connectivity index (χ1v) is 7.58. The molecule has 5 heteroatoms. The van der Waals surface area contributed by atoms with E-state index in [9.17, 15) is 4.79 Å². The minimum Gasteiger partial charge on any atom is -0.493 e. The Morgan fingerprint density at radius 2 is 1.90 bits per heavy atom. The number of nitrogens with one attached hydrogen (secondary N) is 1. The monoisotopic (exact) mass is 397 g/mol. The van der Waals surface area contributed by atoms with Gasteiger partial charge in [-0.25, -0.2) is 0 Å².